The van der Waals surface area contributed by atoms with E-state index in [0.717, 1.165) is 19.3 Å². The van der Waals surface area contributed by atoms with Gasteiger partial charge in [0.15, 0.2) is 0 Å². The zero-order valence-corrected chi connectivity index (χ0v) is 11.5. The van der Waals surface area contributed by atoms with E-state index in [4.69, 9.17) is 0 Å². The van der Waals surface area contributed by atoms with Gasteiger partial charge in [-0.15, -0.1) is 0 Å². The molecule has 0 radical (unpaired) electrons. The molecule has 1 amide bonds. The van der Waals surface area contributed by atoms with Crippen LogP contribution in [-0.2, 0) is 4.79 Å². The summed E-state index contributed by atoms with van der Waals surface area (Å²) in [6.07, 6.45) is 6.43. The average molecular weight is 241 g/mol. The number of aliphatic hydroxyl groups excluding tert-OH is 1. The quantitative estimate of drug-likeness (QED) is 0.752. The Morgan fingerprint density at radius 2 is 2.06 bits per heavy atom. The van der Waals surface area contributed by atoms with Crippen molar-refractivity contribution in [2.24, 2.45) is 0 Å². The summed E-state index contributed by atoms with van der Waals surface area (Å²) in [7, 11) is 0. The van der Waals surface area contributed by atoms with E-state index >= 15 is 0 Å². The first-order valence-corrected chi connectivity index (χ1v) is 6.96. The molecule has 0 aromatic rings. The Bertz CT molecular complexity index is 251. The Kier molecular flexibility index (Phi) is 5.44. The number of aliphatic hydroxyl groups is 1. The van der Waals surface area contributed by atoms with Gasteiger partial charge in [-0.3, -0.25) is 4.79 Å². The largest absolute Gasteiger partial charge is 0.393 e. The van der Waals surface area contributed by atoms with Crippen LogP contribution in [0.25, 0.3) is 0 Å². The summed E-state index contributed by atoms with van der Waals surface area (Å²) in [5.74, 6) is 0.262. The molecule has 0 aromatic heterocycles. The second-order valence-corrected chi connectivity index (χ2v) is 5.82. The van der Waals surface area contributed by atoms with Gasteiger partial charge in [0.25, 0.3) is 0 Å². The summed E-state index contributed by atoms with van der Waals surface area (Å²) >= 11 is 0. The molecular weight excluding hydrogens is 214 g/mol. The molecule has 1 heterocycles. The molecule has 3 nitrogen and oxygen atoms in total. The molecule has 1 N–H and O–H groups in total. The van der Waals surface area contributed by atoms with Gasteiger partial charge in [0, 0.05) is 18.5 Å². The van der Waals surface area contributed by atoms with Crippen LogP contribution in [0.2, 0.25) is 0 Å². The van der Waals surface area contributed by atoms with E-state index in [1.165, 1.54) is 12.8 Å². The third-order valence-corrected chi connectivity index (χ3v) is 3.70. The molecule has 0 spiro atoms. The van der Waals surface area contributed by atoms with E-state index in [1.807, 2.05) is 4.90 Å². The smallest absolute Gasteiger partial charge is 0.223 e. The highest BCUT2D eigenvalue weighted by Crippen LogP contribution is 2.28. The number of unbranched alkanes of at least 4 members (excludes halogenated alkanes) is 3. The molecule has 0 aromatic carbocycles. The van der Waals surface area contributed by atoms with Crippen LogP contribution in [-0.4, -0.2) is 34.1 Å². The van der Waals surface area contributed by atoms with E-state index < -0.39 is 0 Å². The van der Waals surface area contributed by atoms with Crippen molar-refractivity contribution in [2.45, 2.75) is 77.4 Å². The molecule has 3 heteroatoms. The number of hydrogen-bond acceptors (Lipinski definition) is 2. The highest BCUT2D eigenvalue weighted by Gasteiger charge is 2.36. The Balaban J connectivity index is 2.40. The SMILES string of the molecule is CCCCCCC(=O)N1CCC(O)CC1(C)C. The van der Waals surface area contributed by atoms with Gasteiger partial charge in [-0.05, 0) is 33.1 Å². The van der Waals surface area contributed by atoms with E-state index in [9.17, 15) is 9.90 Å². The fourth-order valence-electron chi connectivity index (χ4n) is 2.67. The van der Waals surface area contributed by atoms with Crippen LogP contribution in [0.4, 0.5) is 0 Å². The summed E-state index contributed by atoms with van der Waals surface area (Å²) in [4.78, 5) is 14.1. The van der Waals surface area contributed by atoms with Gasteiger partial charge in [0.05, 0.1) is 6.10 Å². The summed E-state index contributed by atoms with van der Waals surface area (Å²) in [5, 5.41) is 9.65. The normalized spacial score (nSPS) is 23.8. The second-order valence-electron chi connectivity index (χ2n) is 5.82. The number of nitrogens with zero attached hydrogens (tertiary/aromatic N) is 1. The van der Waals surface area contributed by atoms with Gasteiger partial charge in [-0.2, -0.15) is 0 Å². The van der Waals surface area contributed by atoms with Crippen LogP contribution in [0.1, 0.15) is 65.7 Å². The average Bonchev–Trinajstić information content (AvgIpc) is 2.22. The van der Waals surface area contributed by atoms with Gasteiger partial charge in [0.2, 0.25) is 5.91 Å². The molecule has 100 valence electrons. The van der Waals surface area contributed by atoms with Crippen molar-refractivity contribution in [3.63, 3.8) is 0 Å². The minimum absolute atomic E-state index is 0.181. The van der Waals surface area contributed by atoms with Gasteiger partial charge < -0.3 is 10.0 Å². The van der Waals surface area contributed by atoms with E-state index in [1.54, 1.807) is 0 Å². The zero-order valence-electron chi connectivity index (χ0n) is 11.5. The second kappa shape index (κ2) is 6.39. The molecule has 0 aliphatic carbocycles. The Morgan fingerprint density at radius 1 is 1.35 bits per heavy atom. The number of piperidine rings is 1. The Hall–Kier alpha value is -0.570. The van der Waals surface area contributed by atoms with E-state index in [2.05, 4.69) is 20.8 Å². The number of rotatable bonds is 5. The van der Waals surface area contributed by atoms with Gasteiger partial charge in [0.1, 0.15) is 0 Å². The lowest BCUT2D eigenvalue weighted by molar-refractivity contribution is -0.141. The molecule has 17 heavy (non-hydrogen) atoms. The first-order chi connectivity index (χ1) is 7.97. The first kappa shape index (κ1) is 14.5. The maximum absolute atomic E-state index is 12.1. The summed E-state index contributed by atoms with van der Waals surface area (Å²) in [6, 6.07) is 0. The molecular formula is C14H27NO2. The standard InChI is InChI=1S/C14H27NO2/c1-4-5-6-7-8-13(17)15-10-9-12(16)11-14(15,2)3/h12,16H,4-11H2,1-3H3. The fraction of sp³-hybridized carbons (Fsp3) is 0.929. The summed E-state index contributed by atoms with van der Waals surface area (Å²) < 4.78 is 0. The third kappa shape index (κ3) is 4.30. The first-order valence-electron chi connectivity index (χ1n) is 6.96. The van der Waals surface area contributed by atoms with Crippen LogP contribution in [0.5, 0.6) is 0 Å². The monoisotopic (exact) mass is 241 g/mol. The van der Waals surface area contributed by atoms with Gasteiger partial charge in [-0.25, -0.2) is 0 Å². The molecule has 1 aliphatic rings. The molecule has 1 aliphatic heterocycles. The van der Waals surface area contributed by atoms with E-state index in [0.29, 0.717) is 19.4 Å². The molecule has 1 atom stereocenters. The number of hydrogen-bond donors (Lipinski definition) is 1. The van der Waals surface area contributed by atoms with Crippen molar-refractivity contribution in [1.29, 1.82) is 0 Å². The predicted molar refractivity (Wildman–Crippen MR) is 69.8 cm³/mol. The molecule has 1 saturated heterocycles. The summed E-state index contributed by atoms with van der Waals surface area (Å²) in [6.45, 7) is 7.00. The number of carbonyl (C=O) groups excluding carboxylic acids is 1. The number of likely N-dealkylation sites (tertiary alicyclic amines) is 1. The van der Waals surface area contributed by atoms with Crippen molar-refractivity contribution in [2.75, 3.05) is 6.54 Å². The highest BCUT2D eigenvalue weighted by atomic mass is 16.3. The topological polar surface area (TPSA) is 40.5 Å². The van der Waals surface area contributed by atoms with Crippen molar-refractivity contribution >= 4 is 5.91 Å². The lowest BCUT2D eigenvalue weighted by Gasteiger charge is -2.44. The highest BCUT2D eigenvalue weighted by molar-refractivity contribution is 5.77. The molecule has 0 bridgehead atoms. The molecule has 1 fully saturated rings. The van der Waals surface area contributed by atoms with Crippen molar-refractivity contribution in [3.8, 4) is 0 Å². The summed E-state index contributed by atoms with van der Waals surface area (Å²) in [5.41, 5.74) is -0.181. The number of amides is 1. The van der Waals surface area contributed by atoms with Crippen molar-refractivity contribution in [1.82, 2.24) is 4.90 Å². The van der Waals surface area contributed by atoms with E-state index in [-0.39, 0.29) is 17.6 Å². The Morgan fingerprint density at radius 3 is 2.65 bits per heavy atom. The van der Waals surface area contributed by atoms with Crippen molar-refractivity contribution < 1.29 is 9.90 Å². The van der Waals surface area contributed by atoms with Crippen LogP contribution in [0.15, 0.2) is 0 Å². The van der Waals surface area contributed by atoms with Crippen LogP contribution < -0.4 is 0 Å². The maximum atomic E-state index is 12.1. The van der Waals surface area contributed by atoms with Gasteiger partial charge >= 0.3 is 0 Å². The predicted octanol–water partition coefficient (Wildman–Crippen LogP) is 2.72. The molecule has 1 unspecified atom stereocenters. The molecule has 0 saturated carbocycles. The Labute approximate surface area is 105 Å². The third-order valence-electron chi connectivity index (χ3n) is 3.70. The van der Waals surface area contributed by atoms with Crippen LogP contribution >= 0.6 is 0 Å². The van der Waals surface area contributed by atoms with Crippen molar-refractivity contribution in [3.05, 3.63) is 0 Å². The van der Waals surface area contributed by atoms with Crippen LogP contribution in [0, 0.1) is 0 Å². The molecule has 1 rings (SSSR count). The van der Waals surface area contributed by atoms with Gasteiger partial charge in [-0.1, -0.05) is 26.2 Å². The number of carbonyl (C=O) groups is 1. The maximum Gasteiger partial charge on any atom is 0.223 e. The minimum Gasteiger partial charge on any atom is -0.393 e. The zero-order chi connectivity index (χ0) is 12.9. The lowest BCUT2D eigenvalue weighted by atomic mass is 9.88. The lowest BCUT2D eigenvalue weighted by Crippen LogP contribution is -2.54. The fourth-order valence-corrected chi connectivity index (χ4v) is 2.67. The van der Waals surface area contributed by atoms with Crippen LogP contribution in [0.3, 0.4) is 0 Å². The minimum atomic E-state index is -0.242.